The Bertz CT molecular complexity index is 445. The first kappa shape index (κ1) is 9.55. The molecule has 0 amide bonds. The Labute approximate surface area is 76.5 Å². The number of benzene rings is 1. The molecule has 0 atom stereocenters. The second kappa shape index (κ2) is 3.46. The molecule has 13 heavy (non-hydrogen) atoms. The van der Waals surface area contributed by atoms with Gasteiger partial charge in [-0.2, -0.15) is 5.26 Å². The number of anilines is 1. The van der Waals surface area contributed by atoms with Gasteiger partial charge in [-0.05, 0) is 18.2 Å². The molecule has 1 aromatic carbocycles. The molecule has 0 spiro atoms. The van der Waals surface area contributed by atoms with E-state index in [1.165, 1.54) is 12.1 Å². The van der Waals surface area contributed by atoms with Crippen molar-refractivity contribution < 1.29 is 8.42 Å². The molecule has 0 saturated heterocycles. The van der Waals surface area contributed by atoms with Gasteiger partial charge in [0.15, 0.2) is 9.84 Å². The van der Waals surface area contributed by atoms with Gasteiger partial charge >= 0.3 is 0 Å². The third-order valence-electron chi connectivity index (χ3n) is 1.47. The Hall–Kier alpha value is -1.54. The minimum absolute atomic E-state index is 0.0917. The highest BCUT2D eigenvalue weighted by Gasteiger charge is 2.13. The van der Waals surface area contributed by atoms with Crippen molar-refractivity contribution >= 4 is 15.5 Å². The SMILES string of the molecule is N#CCS(=O)(=O)c1cccc(N)c1. The molecular weight excluding hydrogens is 188 g/mol. The van der Waals surface area contributed by atoms with Gasteiger partial charge in [-0.3, -0.25) is 0 Å². The average Bonchev–Trinajstić information content (AvgIpc) is 2.04. The van der Waals surface area contributed by atoms with Crippen molar-refractivity contribution in [3.63, 3.8) is 0 Å². The van der Waals surface area contributed by atoms with E-state index >= 15 is 0 Å². The topological polar surface area (TPSA) is 84.0 Å². The first-order valence-corrected chi connectivity index (χ1v) is 5.17. The molecule has 1 aromatic rings. The predicted molar refractivity (Wildman–Crippen MR) is 48.5 cm³/mol. The molecule has 0 saturated carbocycles. The number of nitrogens with zero attached hydrogens (tertiary/aromatic N) is 1. The summed E-state index contributed by atoms with van der Waals surface area (Å²) in [6.45, 7) is 0. The normalized spacial score (nSPS) is 10.7. The number of rotatable bonds is 2. The maximum absolute atomic E-state index is 11.3. The van der Waals surface area contributed by atoms with Gasteiger partial charge in [0, 0.05) is 5.69 Å². The lowest BCUT2D eigenvalue weighted by atomic mass is 10.3. The fourth-order valence-corrected chi connectivity index (χ4v) is 1.81. The fraction of sp³-hybridized carbons (Fsp3) is 0.125. The van der Waals surface area contributed by atoms with Gasteiger partial charge in [-0.25, -0.2) is 8.42 Å². The van der Waals surface area contributed by atoms with E-state index in [4.69, 9.17) is 11.0 Å². The second-order valence-corrected chi connectivity index (χ2v) is 4.48. The van der Waals surface area contributed by atoms with Crippen molar-refractivity contribution in [1.82, 2.24) is 0 Å². The predicted octanol–water partition coefficient (Wildman–Crippen LogP) is 0.566. The monoisotopic (exact) mass is 196 g/mol. The summed E-state index contributed by atoms with van der Waals surface area (Å²) < 4.78 is 22.6. The van der Waals surface area contributed by atoms with Crippen molar-refractivity contribution in [3.8, 4) is 6.07 Å². The molecule has 68 valence electrons. The van der Waals surface area contributed by atoms with E-state index in [0.29, 0.717) is 5.69 Å². The lowest BCUT2D eigenvalue weighted by molar-refractivity contribution is 0.599. The number of nitrogen functional groups attached to an aromatic ring is 1. The molecule has 0 radical (unpaired) electrons. The Morgan fingerprint density at radius 1 is 1.46 bits per heavy atom. The largest absolute Gasteiger partial charge is 0.399 e. The summed E-state index contributed by atoms with van der Waals surface area (Å²) in [5, 5.41) is 8.27. The number of hydrogen-bond acceptors (Lipinski definition) is 4. The first-order chi connectivity index (χ1) is 6.06. The van der Waals surface area contributed by atoms with Gasteiger partial charge in [-0.15, -0.1) is 0 Å². The van der Waals surface area contributed by atoms with Crippen molar-refractivity contribution in [2.45, 2.75) is 4.90 Å². The Kier molecular flexibility index (Phi) is 2.54. The molecule has 0 aliphatic rings. The minimum Gasteiger partial charge on any atom is -0.399 e. The first-order valence-electron chi connectivity index (χ1n) is 3.51. The maximum atomic E-state index is 11.3. The highest BCUT2D eigenvalue weighted by atomic mass is 32.2. The highest BCUT2D eigenvalue weighted by molar-refractivity contribution is 7.91. The summed E-state index contributed by atoms with van der Waals surface area (Å²) in [6, 6.07) is 7.49. The number of hydrogen-bond donors (Lipinski definition) is 1. The van der Waals surface area contributed by atoms with E-state index in [9.17, 15) is 8.42 Å². The van der Waals surface area contributed by atoms with Crippen LogP contribution in [0.15, 0.2) is 29.2 Å². The zero-order valence-corrected chi connectivity index (χ0v) is 7.58. The lowest BCUT2D eigenvalue weighted by Crippen LogP contribution is -2.05. The van der Waals surface area contributed by atoms with Gasteiger partial charge in [-0.1, -0.05) is 6.07 Å². The minimum atomic E-state index is -3.47. The molecule has 0 aromatic heterocycles. The van der Waals surface area contributed by atoms with Crippen LogP contribution in [-0.4, -0.2) is 14.2 Å². The standard InChI is InChI=1S/C8H8N2O2S/c9-4-5-13(11,12)8-3-1-2-7(10)6-8/h1-3,6H,5,10H2. The molecule has 0 unspecified atom stereocenters. The highest BCUT2D eigenvalue weighted by Crippen LogP contribution is 2.13. The van der Waals surface area contributed by atoms with Gasteiger partial charge in [0.1, 0.15) is 5.75 Å². The van der Waals surface area contributed by atoms with Gasteiger partial charge in [0.05, 0.1) is 11.0 Å². The molecule has 5 heteroatoms. The molecule has 4 nitrogen and oxygen atoms in total. The van der Waals surface area contributed by atoms with Crippen molar-refractivity contribution in [1.29, 1.82) is 5.26 Å². The van der Waals surface area contributed by atoms with Crippen LogP contribution in [0.1, 0.15) is 0 Å². The third kappa shape index (κ3) is 2.20. The van der Waals surface area contributed by atoms with Crippen LogP contribution in [0.2, 0.25) is 0 Å². The maximum Gasteiger partial charge on any atom is 0.191 e. The molecule has 0 fully saturated rings. The Balaban J connectivity index is 3.17. The summed E-state index contributed by atoms with van der Waals surface area (Å²) in [5.74, 6) is -0.517. The fourth-order valence-electron chi connectivity index (χ4n) is 0.876. The van der Waals surface area contributed by atoms with Gasteiger partial charge in [0.25, 0.3) is 0 Å². The molecule has 2 N–H and O–H groups in total. The summed E-state index contributed by atoms with van der Waals surface area (Å²) in [7, 11) is -3.47. The van der Waals surface area contributed by atoms with E-state index in [1.54, 1.807) is 18.2 Å². The van der Waals surface area contributed by atoms with Crippen LogP contribution in [0.25, 0.3) is 0 Å². The smallest absolute Gasteiger partial charge is 0.191 e. The zero-order valence-electron chi connectivity index (χ0n) is 6.77. The molecular formula is C8H8N2O2S. The molecule has 0 aliphatic heterocycles. The second-order valence-electron chi connectivity index (χ2n) is 2.49. The van der Waals surface area contributed by atoms with E-state index < -0.39 is 15.6 Å². The lowest BCUT2D eigenvalue weighted by Gasteiger charge is -1.99. The van der Waals surface area contributed by atoms with Crippen LogP contribution >= 0.6 is 0 Å². The zero-order chi connectivity index (χ0) is 9.90. The number of nitriles is 1. The van der Waals surface area contributed by atoms with E-state index in [2.05, 4.69) is 0 Å². The Morgan fingerprint density at radius 2 is 2.15 bits per heavy atom. The van der Waals surface area contributed by atoms with Crippen LogP contribution in [0.3, 0.4) is 0 Å². The number of nitrogens with two attached hydrogens (primary N) is 1. The van der Waals surface area contributed by atoms with Crippen molar-refractivity contribution in [3.05, 3.63) is 24.3 Å². The van der Waals surface area contributed by atoms with Crippen LogP contribution in [-0.2, 0) is 9.84 Å². The quantitative estimate of drug-likeness (QED) is 0.700. The summed E-state index contributed by atoms with van der Waals surface area (Å²) in [5.41, 5.74) is 5.78. The molecule has 0 aliphatic carbocycles. The van der Waals surface area contributed by atoms with Crippen LogP contribution in [0.5, 0.6) is 0 Å². The van der Waals surface area contributed by atoms with Crippen LogP contribution in [0.4, 0.5) is 5.69 Å². The molecule has 0 heterocycles. The van der Waals surface area contributed by atoms with Crippen LogP contribution < -0.4 is 5.73 Å². The number of sulfone groups is 1. The average molecular weight is 196 g/mol. The van der Waals surface area contributed by atoms with E-state index in [-0.39, 0.29) is 4.90 Å². The third-order valence-corrected chi connectivity index (χ3v) is 2.95. The van der Waals surface area contributed by atoms with Gasteiger partial charge in [0.2, 0.25) is 0 Å². The Morgan fingerprint density at radius 3 is 2.69 bits per heavy atom. The van der Waals surface area contributed by atoms with Crippen molar-refractivity contribution in [2.75, 3.05) is 11.5 Å². The molecule has 1 rings (SSSR count). The summed E-state index contributed by atoms with van der Waals surface area (Å²) in [6.07, 6.45) is 0. The summed E-state index contributed by atoms with van der Waals surface area (Å²) in [4.78, 5) is 0.0917. The molecule has 0 bridgehead atoms. The van der Waals surface area contributed by atoms with Crippen LogP contribution in [0, 0.1) is 11.3 Å². The van der Waals surface area contributed by atoms with Gasteiger partial charge < -0.3 is 5.73 Å². The van der Waals surface area contributed by atoms with Crippen molar-refractivity contribution in [2.24, 2.45) is 0 Å². The van der Waals surface area contributed by atoms with E-state index in [0.717, 1.165) is 0 Å². The van der Waals surface area contributed by atoms with E-state index in [1.807, 2.05) is 0 Å². The summed E-state index contributed by atoms with van der Waals surface area (Å²) >= 11 is 0.